The smallest absolute Gasteiger partial charge is 0.338 e. The number of carbonyl (C=O) groups is 3. The summed E-state index contributed by atoms with van der Waals surface area (Å²) >= 11 is 0. The summed E-state index contributed by atoms with van der Waals surface area (Å²) < 4.78 is 5.51. The van der Waals surface area contributed by atoms with Gasteiger partial charge < -0.3 is 15.4 Å². The molecule has 4 rings (SSSR count). The van der Waals surface area contributed by atoms with Crippen LogP contribution in [0, 0.1) is 0 Å². The van der Waals surface area contributed by atoms with Gasteiger partial charge in [0.2, 0.25) is 0 Å². The molecule has 7 heteroatoms. The summed E-state index contributed by atoms with van der Waals surface area (Å²) in [6, 6.07) is 23.2. The number of anilines is 1. The fourth-order valence-electron chi connectivity index (χ4n) is 4.89. The van der Waals surface area contributed by atoms with Gasteiger partial charge in [0.25, 0.3) is 5.91 Å². The number of unbranched alkanes of at least 4 members (excludes halogenated alkanes) is 1. The number of esters is 1. The summed E-state index contributed by atoms with van der Waals surface area (Å²) in [6.45, 7) is 10.9. The molecular formula is C34H39N3O4. The number of carbonyl (C=O) groups excluding carboxylic acids is 3. The number of hydrogen-bond acceptors (Lipinski definition) is 4. The molecule has 0 fully saturated rings. The van der Waals surface area contributed by atoms with Gasteiger partial charge in [0.05, 0.1) is 23.9 Å². The van der Waals surface area contributed by atoms with E-state index in [0.29, 0.717) is 34.6 Å². The Bertz CT molecular complexity index is 1420. The van der Waals surface area contributed by atoms with Crippen LogP contribution >= 0.6 is 0 Å². The van der Waals surface area contributed by atoms with Crippen molar-refractivity contribution in [3.8, 4) is 0 Å². The van der Waals surface area contributed by atoms with Crippen molar-refractivity contribution in [2.45, 2.75) is 58.9 Å². The van der Waals surface area contributed by atoms with Crippen LogP contribution < -0.4 is 10.6 Å². The molecule has 41 heavy (non-hydrogen) atoms. The van der Waals surface area contributed by atoms with E-state index in [2.05, 4.69) is 38.3 Å². The van der Waals surface area contributed by atoms with Crippen molar-refractivity contribution in [3.05, 3.63) is 107 Å². The van der Waals surface area contributed by atoms with E-state index in [9.17, 15) is 14.4 Å². The van der Waals surface area contributed by atoms with Gasteiger partial charge in [-0.1, -0.05) is 88.7 Å². The first-order valence-electron chi connectivity index (χ1n) is 14.2. The second-order valence-electron chi connectivity index (χ2n) is 11.1. The zero-order valence-electron chi connectivity index (χ0n) is 24.5. The normalized spacial score (nSPS) is 15.4. The van der Waals surface area contributed by atoms with E-state index in [4.69, 9.17) is 4.74 Å². The van der Waals surface area contributed by atoms with Gasteiger partial charge in [-0.05, 0) is 59.7 Å². The monoisotopic (exact) mass is 553 g/mol. The number of urea groups is 1. The molecule has 0 saturated heterocycles. The standard InChI is InChI=1S/C34H39N3O4/c1-6-8-21-37-30(23-13-10-9-11-14-23)28(32(39)41-7-2)29(36-33(37)40)25-15-12-16-27(22-25)35-31(38)24-17-19-26(20-18-24)34(3,4)5/h9-20,22,29H,6-8,21H2,1-5H3,(H,35,38)(H,36,40). The van der Waals surface area contributed by atoms with Crippen LogP contribution in [0.2, 0.25) is 0 Å². The minimum absolute atomic E-state index is 0.0113. The molecule has 0 aliphatic carbocycles. The van der Waals surface area contributed by atoms with Gasteiger partial charge in [-0.25, -0.2) is 9.59 Å². The first kappa shape index (κ1) is 29.6. The summed E-state index contributed by atoms with van der Waals surface area (Å²) in [4.78, 5) is 41.7. The molecule has 1 heterocycles. The minimum atomic E-state index is -0.766. The van der Waals surface area contributed by atoms with E-state index in [1.807, 2.05) is 60.7 Å². The molecule has 0 aromatic heterocycles. The number of nitrogens with zero attached hydrogens (tertiary/aromatic N) is 1. The molecule has 1 unspecified atom stereocenters. The predicted octanol–water partition coefficient (Wildman–Crippen LogP) is 7.08. The maximum atomic E-state index is 13.5. The highest BCUT2D eigenvalue weighted by Crippen LogP contribution is 2.37. The highest BCUT2D eigenvalue weighted by atomic mass is 16.5. The third-order valence-electron chi connectivity index (χ3n) is 7.10. The van der Waals surface area contributed by atoms with E-state index in [0.717, 1.165) is 24.0 Å². The van der Waals surface area contributed by atoms with E-state index in [1.165, 1.54) is 0 Å². The largest absolute Gasteiger partial charge is 0.463 e. The summed E-state index contributed by atoms with van der Waals surface area (Å²) in [5, 5.41) is 5.99. The highest BCUT2D eigenvalue weighted by Gasteiger charge is 2.38. The molecule has 3 amide bonds. The van der Waals surface area contributed by atoms with Crippen molar-refractivity contribution in [3.63, 3.8) is 0 Å². The van der Waals surface area contributed by atoms with Crippen molar-refractivity contribution < 1.29 is 19.1 Å². The Labute approximate surface area is 242 Å². The van der Waals surface area contributed by atoms with Gasteiger partial charge in [-0.15, -0.1) is 0 Å². The van der Waals surface area contributed by atoms with Crippen molar-refractivity contribution in [1.82, 2.24) is 10.2 Å². The highest BCUT2D eigenvalue weighted by molar-refractivity contribution is 6.06. The Morgan fingerprint density at radius 2 is 1.66 bits per heavy atom. The lowest BCUT2D eigenvalue weighted by molar-refractivity contribution is -0.138. The average molecular weight is 554 g/mol. The molecule has 1 aliphatic rings. The van der Waals surface area contributed by atoms with Crippen LogP contribution in [-0.2, 0) is 14.9 Å². The molecule has 0 bridgehead atoms. The number of amides is 3. The van der Waals surface area contributed by atoms with Crippen LogP contribution in [0.3, 0.4) is 0 Å². The van der Waals surface area contributed by atoms with E-state index in [1.54, 1.807) is 30.0 Å². The van der Waals surface area contributed by atoms with E-state index in [-0.39, 0.29) is 24.0 Å². The van der Waals surface area contributed by atoms with Crippen molar-refractivity contribution in [2.75, 3.05) is 18.5 Å². The van der Waals surface area contributed by atoms with Gasteiger partial charge >= 0.3 is 12.0 Å². The predicted molar refractivity (Wildman–Crippen MR) is 162 cm³/mol. The SMILES string of the molecule is CCCCN1C(=O)NC(c2cccc(NC(=O)c3ccc(C(C)(C)C)cc3)c2)C(C(=O)OCC)=C1c1ccccc1. The maximum absolute atomic E-state index is 13.5. The molecule has 0 saturated carbocycles. The van der Waals surface area contributed by atoms with Crippen LogP contribution in [0.5, 0.6) is 0 Å². The van der Waals surface area contributed by atoms with Crippen molar-refractivity contribution in [1.29, 1.82) is 0 Å². The van der Waals surface area contributed by atoms with Gasteiger partial charge in [0, 0.05) is 17.8 Å². The summed E-state index contributed by atoms with van der Waals surface area (Å²) in [7, 11) is 0. The lowest BCUT2D eigenvalue weighted by Gasteiger charge is -2.37. The Balaban J connectivity index is 1.73. The van der Waals surface area contributed by atoms with Gasteiger partial charge in [0.15, 0.2) is 0 Å². The van der Waals surface area contributed by atoms with Crippen LogP contribution in [0.15, 0.2) is 84.4 Å². The first-order chi connectivity index (χ1) is 19.6. The second kappa shape index (κ2) is 12.9. The Morgan fingerprint density at radius 1 is 0.951 bits per heavy atom. The van der Waals surface area contributed by atoms with Gasteiger partial charge in [-0.2, -0.15) is 0 Å². The molecule has 1 aliphatic heterocycles. The molecular weight excluding hydrogens is 514 g/mol. The Kier molecular flexibility index (Phi) is 9.28. The topological polar surface area (TPSA) is 87.7 Å². The molecule has 0 spiro atoms. The van der Waals surface area contributed by atoms with Gasteiger partial charge in [-0.3, -0.25) is 9.69 Å². The number of hydrogen-bond donors (Lipinski definition) is 2. The maximum Gasteiger partial charge on any atom is 0.338 e. The fourth-order valence-corrected chi connectivity index (χ4v) is 4.89. The zero-order valence-corrected chi connectivity index (χ0v) is 24.5. The Morgan fingerprint density at radius 3 is 2.29 bits per heavy atom. The third kappa shape index (κ3) is 6.85. The minimum Gasteiger partial charge on any atom is -0.463 e. The van der Waals surface area contributed by atoms with Crippen LogP contribution in [0.1, 0.15) is 80.6 Å². The Hall–Kier alpha value is -4.39. The number of benzene rings is 3. The lowest BCUT2D eigenvalue weighted by atomic mass is 9.86. The molecule has 3 aromatic rings. The number of rotatable bonds is 9. The molecule has 7 nitrogen and oxygen atoms in total. The molecule has 214 valence electrons. The van der Waals surface area contributed by atoms with Crippen molar-refractivity contribution >= 4 is 29.3 Å². The summed E-state index contributed by atoms with van der Waals surface area (Å²) in [5.74, 6) is -0.738. The second-order valence-corrected chi connectivity index (χ2v) is 11.1. The first-order valence-corrected chi connectivity index (χ1v) is 14.2. The number of nitrogens with one attached hydrogen (secondary N) is 2. The summed E-state index contributed by atoms with van der Waals surface area (Å²) in [6.07, 6.45) is 1.67. The van der Waals surface area contributed by atoms with Crippen LogP contribution in [0.25, 0.3) is 5.70 Å². The third-order valence-corrected chi connectivity index (χ3v) is 7.10. The average Bonchev–Trinajstić information content (AvgIpc) is 2.96. The summed E-state index contributed by atoms with van der Waals surface area (Å²) in [5.41, 5.74) is 4.54. The van der Waals surface area contributed by atoms with E-state index < -0.39 is 12.0 Å². The number of ether oxygens (including phenoxy) is 1. The zero-order chi connectivity index (χ0) is 29.6. The van der Waals surface area contributed by atoms with Crippen molar-refractivity contribution in [2.24, 2.45) is 0 Å². The van der Waals surface area contributed by atoms with Crippen LogP contribution in [-0.4, -0.2) is 36.0 Å². The van der Waals surface area contributed by atoms with E-state index >= 15 is 0 Å². The van der Waals surface area contributed by atoms with Crippen LogP contribution in [0.4, 0.5) is 10.5 Å². The molecule has 1 atom stereocenters. The molecule has 2 N–H and O–H groups in total. The quantitative estimate of drug-likeness (QED) is 0.277. The molecule has 3 aromatic carbocycles. The lowest BCUT2D eigenvalue weighted by Crippen LogP contribution is -2.48. The van der Waals surface area contributed by atoms with Gasteiger partial charge in [0.1, 0.15) is 0 Å². The molecule has 0 radical (unpaired) electrons. The fraction of sp³-hybridized carbons (Fsp3) is 0.324.